The molecule has 1 aromatic carbocycles. The van der Waals surface area contributed by atoms with Crippen LogP contribution in [0.25, 0.3) is 0 Å². The molecule has 0 aliphatic heterocycles. The molecule has 0 aliphatic rings. The standard InChI is InChI=1S/C9H12ClNS/c1-2-6-12-8-5-3-4-7(10)9(8)11/h3-5H,2,6,11H2,1H3. The Labute approximate surface area is 82.3 Å². The van der Waals surface area contributed by atoms with Gasteiger partial charge in [-0.2, -0.15) is 0 Å². The molecule has 0 bridgehead atoms. The number of hydrogen-bond acceptors (Lipinski definition) is 2. The van der Waals surface area contributed by atoms with E-state index in [1.807, 2.05) is 18.2 Å². The quantitative estimate of drug-likeness (QED) is 0.599. The topological polar surface area (TPSA) is 26.0 Å². The molecule has 0 aliphatic carbocycles. The van der Waals surface area contributed by atoms with E-state index < -0.39 is 0 Å². The van der Waals surface area contributed by atoms with Gasteiger partial charge >= 0.3 is 0 Å². The lowest BCUT2D eigenvalue weighted by Gasteiger charge is -2.04. The fourth-order valence-electron chi connectivity index (χ4n) is 0.855. The van der Waals surface area contributed by atoms with Crippen molar-refractivity contribution in [2.45, 2.75) is 18.2 Å². The predicted octanol–water partition coefficient (Wildman–Crippen LogP) is 3.42. The Morgan fingerprint density at radius 1 is 1.50 bits per heavy atom. The van der Waals surface area contributed by atoms with Gasteiger partial charge in [-0.3, -0.25) is 0 Å². The summed E-state index contributed by atoms with van der Waals surface area (Å²) in [5, 5.41) is 0.649. The van der Waals surface area contributed by atoms with E-state index in [9.17, 15) is 0 Å². The summed E-state index contributed by atoms with van der Waals surface area (Å²) in [5.74, 6) is 1.09. The number of nitrogens with two attached hydrogens (primary N) is 1. The minimum atomic E-state index is 0.649. The van der Waals surface area contributed by atoms with Gasteiger partial charge in [0, 0.05) is 4.90 Å². The molecule has 2 N–H and O–H groups in total. The van der Waals surface area contributed by atoms with Crippen molar-refractivity contribution in [3.63, 3.8) is 0 Å². The minimum Gasteiger partial charge on any atom is -0.397 e. The van der Waals surface area contributed by atoms with E-state index in [4.69, 9.17) is 17.3 Å². The molecule has 12 heavy (non-hydrogen) atoms. The van der Waals surface area contributed by atoms with Crippen molar-refractivity contribution in [2.24, 2.45) is 0 Å². The zero-order valence-corrected chi connectivity index (χ0v) is 8.58. The molecule has 0 heterocycles. The summed E-state index contributed by atoms with van der Waals surface area (Å²) in [6.07, 6.45) is 1.15. The summed E-state index contributed by atoms with van der Waals surface area (Å²) >= 11 is 7.61. The van der Waals surface area contributed by atoms with Crippen LogP contribution < -0.4 is 5.73 Å². The number of nitrogen functional groups attached to an aromatic ring is 1. The molecule has 3 heteroatoms. The Kier molecular flexibility index (Phi) is 3.76. The third kappa shape index (κ3) is 2.32. The van der Waals surface area contributed by atoms with Crippen molar-refractivity contribution >= 4 is 29.1 Å². The maximum atomic E-state index is 5.85. The lowest BCUT2D eigenvalue weighted by Crippen LogP contribution is -1.89. The van der Waals surface area contributed by atoms with Crippen LogP contribution in [-0.4, -0.2) is 5.75 Å². The van der Waals surface area contributed by atoms with Gasteiger partial charge in [-0.05, 0) is 24.3 Å². The third-order valence-corrected chi connectivity index (χ3v) is 3.08. The second-order valence-corrected chi connectivity index (χ2v) is 4.04. The molecule has 1 nitrogen and oxygen atoms in total. The number of para-hydroxylation sites is 1. The molecule has 0 radical (unpaired) electrons. The third-order valence-electron chi connectivity index (χ3n) is 1.47. The second kappa shape index (κ2) is 4.63. The maximum absolute atomic E-state index is 5.85. The van der Waals surface area contributed by atoms with Crippen molar-refractivity contribution in [1.29, 1.82) is 0 Å². The summed E-state index contributed by atoms with van der Waals surface area (Å²) in [4.78, 5) is 1.09. The first kappa shape index (κ1) is 9.75. The average Bonchev–Trinajstić information content (AvgIpc) is 2.08. The first-order valence-corrected chi connectivity index (χ1v) is 5.29. The van der Waals surface area contributed by atoms with E-state index in [1.165, 1.54) is 0 Å². The zero-order chi connectivity index (χ0) is 8.97. The normalized spacial score (nSPS) is 10.2. The molecule has 1 rings (SSSR count). The molecule has 0 saturated carbocycles. The van der Waals surface area contributed by atoms with Crippen LogP contribution in [-0.2, 0) is 0 Å². The molecule has 0 aromatic heterocycles. The Hall–Kier alpha value is -0.340. The molecule has 1 aromatic rings. The van der Waals surface area contributed by atoms with Crippen molar-refractivity contribution in [1.82, 2.24) is 0 Å². The highest BCUT2D eigenvalue weighted by Crippen LogP contribution is 2.30. The van der Waals surface area contributed by atoms with E-state index in [0.717, 1.165) is 17.1 Å². The van der Waals surface area contributed by atoms with Crippen LogP contribution >= 0.6 is 23.4 Å². The highest BCUT2D eigenvalue weighted by molar-refractivity contribution is 7.99. The summed E-state index contributed by atoms with van der Waals surface area (Å²) in [6, 6.07) is 5.74. The van der Waals surface area contributed by atoms with Crippen LogP contribution in [0.5, 0.6) is 0 Å². The van der Waals surface area contributed by atoms with E-state index in [-0.39, 0.29) is 0 Å². The number of rotatable bonds is 3. The van der Waals surface area contributed by atoms with Gasteiger partial charge in [0.15, 0.2) is 0 Å². The molecule has 0 saturated heterocycles. The molecule has 0 atom stereocenters. The first-order valence-electron chi connectivity index (χ1n) is 3.92. The van der Waals surface area contributed by atoms with Gasteiger partial charge in [0.2, 0.25) is 0 Å². The number of hydrogen-bond donors (Lipinski definition) is 1. The van der Waals surface area contributed by atoms with E-state index in [0.29, 0.717) is 10.7 Å². The minimum absolute atomic E-state index is 0.649. The lowest BCUT2D eigenvalue weighted by atomic mass is 10.3. The van der Waals surface area contributed by atoms with E-state index in [1.54, 1.807) is 11.8 Å². The van der Waals surface area contributed by atoms with Gasteiger partial charge in [-0.1, -0.05) is 24.6 Å². The van der Waals surface area contributed by atoms with Gasteiger partial charge in [-0.25, -0.2) is 0 Å². The Morgan fingerprint density at radius 2 is 2.25 bits per heavy atom. The van der Waals surface area contributed by atoms with Crippen LogP contribution in [0, 0.1) is 0 Å². The molecule has 0 spiro atoms. The molecule has 0 amide bonds. The zero-order valence-electron chi connectivity index (χ0n) is 7.01. The summed E-state index contributed by atoms with van der Waals surface area (Å²) in [6.45, 7) is 2.15. The van der Waals surface area contributed by atoms with E-state index in [2.05, 4.69) is 6.92 Å². The van der Waals surface area contributed by atoms with Gasteiger partial charge in [0.25, 0.3) is 0 Å². The van der Waals surface area contributed by atoms with Crippen molar-refractivity contribution in [3.05, 3.63) is 23.2 Å². The summed E-state index contributed by atoms with van der Waals surface area (Å²) < 4.78 is 0. The van der Waals surface area contributed by atoms with Crippen LogP contribution in [0.3, 0.4) is 0 Å². The summed E-state index contributed by atoms with van der Waals surface area (Å²) in [5.41, 5.74) is 6.48. The lowest BCUT2D eigenvalue weighted by molar-refractivity contribution is 1.10. The molecular weight excluding hydrogens is 190 g/mol. The Morgan fingerprint density at radius 3 is 2.92 bits per heavy atom. The van der Waals surface area contributed by atoms with E-state index >= 15 is 0 Å². The highest BCUT2D eigenvalue weighted by Gasteiger charge is 2.01. The van der Waals surface area contributed by atoms with Crippen molar-refractivity contribution in [3.8, 4) is 0 Å². The highest BCUT2D eigenvalue weighted by atomic mass is 35.5. The Bertz CT molecular complexity index is 263. The predicted molar refractivity (Wildman–Crippen MR) is 56.9 cm³/mol. The first-order chi connectivity index (χ1) is 5.75. The SMILES string of the molecule is CCCSc1cccc(Cl)c1N. The van der Waals surface area contributed by atoms with Gasteiger partial charge in [0.1, 0.15) is 0 Å². The Balaban J connectivity index is 2.78. The van der Waals surface area contributed by atoms with Gasteiger partial charge in [-0.15, -0.1) is 11.8 Å². The number of halogens is 1. The average molecular weight is 202 g/mol. The second-order valence-electron chi connectivity index (χ2n) is 2.50. The molecule has 66 valence electrons. The number of thioether (sulfide) groups is 1. The molecular formula is C9H12ClNS. The molecule has 0 fully saturated rings. The fourth-order valence-corrected chi connectivity index (χ4v) is 1.95. The van der Waals surface area contributed by atoms with Crippen LogP contribution in [0.15, 0.2) is 23.1 Å². The van der Waals surface area contributed by atoms with Gasteiger partial charge in [0.05, 0.1) is 10.7 Å². The number of anilines is 1. The maximum Gasteiger partial charge on any atom is 0.0646 e. The van der Waals surface area contributed by atoms with Crippen LogP contribution in [0.4, 0.5) is 5.69 Å². The molecule has 0 unspecified atom stereocenters. The van der Waals surface area contributed by atoms with Crippen molar-refractivity contribution < 1.29 is 0 Å². The largest absolute Gasteiger partial charge is 0.397 e. The van der Waals surface area contributed by atoms with Crippen molar-refractivity contribution in [2.75, 3.05) is 11.5 Å². The van der Waals surface area contributed by atoms with Gasteiger partial charge < -0.3 is 5.73 Å². The summed E-state index contributed by atoms with van der Waals surface area (Å²) in [7, 11) is 0. The van der Waals surface area contributed by atoms with Crippen LogP contribution in [0.2, 0.25) is 5.02 Å². The van der Waals surface area contributed by atoms with Crippen LogP contribution in [0.1, 0.15) is 13.3 Å². The monoisotopic (exact) mass is 201 g/mol. The fraction of sp³-hybridized carbons (Fsp3) is 0.333. The smallest absolute Gasteiger partial charge is 0.0646 e. The number of benzene rings is 1.